The first-order chi connectivity index (χ1) is 14.4. The molecule has 0 radical (unpaired) electrons. The van der Waals surface area contributed by atoms with Gasteiger partial charge in [-0.3, -0.25) is 9.69 Å². The third kappa shape index (κ3) is 4.11. The number of carboxylic acids is 1. The van der Waals surface area contributed by atoms with Crippen LogP contribution >= 0.6 is 11.8 Å². The number of hydrogen-bond acceptors (Lipinski definition) is 5. The molecule has 1 amide bonds. The van der Waals surface area contributed by atoms with Gasteiger partial charge in [-0.1, -0.05) is 18.2 Å². The van der Waals surface area contributed by atoms with Crippen LogP contribution in [0, 0.1) is 6.92 Å². The van der Waals surface area contributed by atoms with Crippen LogP contribution in [-0.2, 0) is 4.79 Å². The summed E-state index contributed by atoms with van der Waals surface area (Å²) >= 11 is 1.30. The highest BCUT2D eigenvalue weighted by Gasteiger charge is 2.30. The number of carbonyl (C=O) groups excluding carboxylic acids is 1. The molecule has 2 heterocycles. The largest absolute Gasteiger partial charge is 0.478 e. The third-order valence-electron chi connectivity index (χ3n) is 5.34. The Morgan fingerprint density at radius 3 is 2.50 bits per heavy atom. The van der Waals surface area contributed by atoms with Gasteiger partial charge in [-0.05, 0) is 73.0 Å². The standard InChI is InChI=1S/C23H23N3O3S/c1-15-5-8-17(22(28)29)14-19(15)24-23-25(2)21(27)20(30-23)13-16-6-9-18(10-7-16)26-11-3-4-12-26/h5-10,13-14H,3-4,11-12H2,1-2H3,(H,28,29)/b20-13-,24-23?. The fourth-order valence-corrected chi connectivity index (χ4v) is 4.51. The van der Waals surface area contributed by atoms with Crippen LogP contribution < -0.4 is 4.90 Å². The summed E-state index contributed by atoms with van der Waals surface area (Å²) < 4.78 is 0. The fraction of sp³-hybridized carbons (Fsp3) is 0.261. The number of nitrogens with zero attached hydrogens (tertiary/aromatic N) is 3. The summed E-state index contributed by atoms with van der Waals surface area (Å²) in [6.45, 7) is 4.06. The lowest BCUT2D eigenvalue weighted by Gasteiger charge is -2.17. The molecule has 0 spiro atoms. The quantitative estimate of drug-likeness (QED) is 0.735. The van der Waals surface area contributed by atoms with E-state index < -0.39 is 5.97 Å². The van der Waals surface area contributed by atoms with E-state index in [1.165, 1.54) is 41.3 Å². The van der Waals surface area contributed by atoms with Crippen molar-refractivity contribution in [3.05, 3.63) is 64.1 Å². The van der Waals surface area contributed by atoms with Crippen molar-refractivity contribution >= 4 is 46.3 Å². The maximum atomic E-state index is 12.7. The lowest BCUT2D eigenvalue weighted by molar-refractivity contribution is -0.121. The molecular weight excluding hydrogens is 398 g/mol. The Morgan fingerprint density at radius 1 is 1.13 bits per heavy atom. The van der Waals surface area contributed by atoms with Crippen molar-refractivity contribution in [3.8, 4) is 0 Å². The number of aliphatic imine (C=N–C) groups is 1. The predicted molar refractivity (Wildman–Crippen MR) is 121 cm³/mol. The number of amidine groups is 1. The summed E-state index contributed by atoms with van der Waals surface area (Å²) in [7, 11) is 1.68. The molecule has 2 aliphatic heterocycles. The number of amides is 1. The number of carboxylic acid groups (broad SMARTS) is 1. The van der Waals surface area contributed by atoms with Crippen molar-refractivity contribution in [1.82, 2.24) is 4.90 Å². The number of aryl methyl sites for hydroxylation is 1. The highest BCUT2D eigenvalue weighted by molar-refractivity contribution is 8.18. The second-order valence-corrected chi connectivity index (χ2v) is 8.47. The van der Waals surface area contributed by atoms with Gasteiger partial charge < -0.3 is 10.0 Å². The average Bonchev–Trinajstić information content (AvgIpc) is 3.35. The van der Waals surface area contributed by atoms with Crippen molar-refractivity contribution in [1.29, 1.82) is 0 Å². The van der Waals surface area contributed by atoms with Crippen molar-refractivity contribution in [3.63, 3.8) is 0 Å². The van der Waals surface area contributed by atoms with E-state index in [4.69, 9.17) is 0 Å². The maximum absolute atomic E-state index is 12.7. The molecule has 7 heteroatoms. The lowest BCUT2D eigenvalue weighted by Crippen LogP contribution is -2.23. The van der Waals surface area contributed by atoms with Gasteiger partial charge in [0, 0.05) is 25.8 Å². The van der Waals surface area contributed by atoms with Crippen molar-refractivity contribution in [2.24, 2.45) is 4.99 Å². The number of rotatable bonds is 4. The van der Waals surface area contributed by atoms with E-state index in [-0.39, 0.29) is 11.5 Å². The minimum absolute atomic E-state index is 0.116. The van der Waals surface area contributed by atoms with Gasteiger partial charge >= 0.3 is 5.97 Å². The zero-order valence-electron chi connectivity index (χ0n) is 17.0. The molecule has 0 atom stereocenters. The summed E-state index contributed by atoms with van der Waals surface area (Å²) in [6, 6.07) is 13.1. The molecule has 6 nitrogen and oxygen atoms in total. The van der Waals surface area contributed by atoms with Gasteiger partial charge in [0.15, 0.2) is 5.17 Å². The van der Waals surface area contributed by atoms with E-state index in [9.17, 15) is 14.7 Å². The summed E-state index contributed by atoms with van der Waals surface area (Å²) in [4.78, 5) is 33.0. The first-order valence-corrected chi connectivity index (χ1v) is 10.7. The molecule has 4 rings (SSSR count). The molecule has 0 aromatic heterocycles. The fourth-order valence-electron chi connectivity index (χ4n) is 3.53. The first kappa shape index (κ1) is 20.2. The molecule has 2 aliphatic rings. The second-order valence-electron chi connectivity index (χ2n) is 7.46. The molecule has 30 heavy (non-hydrogen) atoms. The molecule has 0 aliphatic carbocycles. The lowest BCUT2D eigenvalue weighted by atomic mass is 10.1. The van der Waals surface area contributed by atoms with Crippen LogP contribution in [0.25, 0.3) is 6.08 Å². The summed E-state index contributed by atoms with van der Waals surface area (Å²) in [5.41, 5.74) is 3.75. The Kier molecular flexibility index (Phi) is 5.63. The number of carbonyl (C=O) groups is 2. The number of likely N-dealkylation sites (N-methyl/N-ethyl adjacent to an activating group) is 1. The van der Waals surface area contributed by atoms with E-state index in [1.807, 2.05) is 25.1 Å². The Labute approximate surface area is 179 Å². The molecule has 154 valence electrons. The van der Waals surface area contributed by atoms with E-state index in [0.717, 1.165) is 24.2 Å². The van der Waals surface area contributed by atoms with E-state index in [0.29, 0.717) is 15.8 Å². The Bertz CT molecular complexity index is 1050. The molecule has 0 unspecified atom stereocenters. The number of thioether (sulfide) groups is 1. The molecule has 0 saturated carbocycles. The molecule has 2 saturated heterocycles. The van der Waals surface area contributed by atoms with E-state index >= 15 is 0 Å². The summed E-state index contributed by atoms with van der Waals surface area (Å²) in [6.07, 6.45) is 4.35. The zero-order chi connectivity index (χ0) is 21.3. The first-order valence-electron chi connectivity index (χ1n) is 9.87. The zero-order valence-corrected chi connectivity index (χ0v) is 17.8. The topological polar surface area (TPSA) is 73.2 Å². The minimum atomic E-state index is -1.00. The highest BCUT2D eigenvalue weighted by Crippen LogP contribution is 2.34. The molecule has 2 aromatic rings. The third-order valence-corrected chi connectivity index (χ3v) is 6.40. The highest BCUT2D eigenvalue weighted by atomic mass is 32.2. The molecular formula is C23H23N3O3S. The van der Waals surface area contributed by atoms with Gasteiger partial charge in [-0.2, -0.15) is 0 Å². The van der Waals surface area contributed by atoms with Gasteiger partial charge in [0.1, 0.15) is 0 Å². The van der Waals surface area contributed by atoms with Crippen LogP contribution in [0.5, 0.6) is 0 Å². The number of anilines is 1. The molecule has 0 bridgehead atoms. The van der Waals surface area contributed by atoms with Crippen molar-refractivity contribution < 1.29 is 14.7 Å². The van der Waals surface area contributed by atoms with Crippen LogP contribution in [0.2, 0.25) is 0 Å². The second kappa shape index (κ2) is 8.36. The van der Waals surface area contributed by atoms with Gasteiger partial charge in [0.05, 0.1) is 16.2 Å². The summed E-state index contributed by atoms with van der Waals surface area (Å²) in [5, 5.41) is 9.75. The van der Waals surface area contributed by atoms with Crippen molar-refractivity contribution in [2.75, 3.05) is 25.0 Å². The van der Waals surface area contributed by atoms with Crippen LogP contribution in [-0.4, -0.2) is 47.2 Å². The predicted octanol–water partition coefficient (Wildman–Crippen LogP) is 4.53. The van der Waals surface area contributed by atoms with Crippen LogP contribution in [0.15, 0.2) is 52.4 Å². The number of aromatic carboxylic acids is 1. The summed E-state index contributed by atoms with van der Waals surface area (Å²) in [5.74, 6) is -1.12. The van der Waals surface area contributed by atoms with Gasteiger partial charge in [-0.25, -0.2) is 9.79 Å². The monoisotopic (exact) mass is 421 g/mol. The smallest absolute Gasteiger partial charge is 0.335 e. The number of benzene rings is 2. The van der Waals surface area contributed by atoms with Crippen LogP contribution in [0.3, 0.4) is 0 Å². The van der Waals surface area contributed by atoms with E-state index in [1.54, 1.807) is 19.2 Å². The van der Waals surface area contributed by atoms with Gasteiger partial charge in [0.25, 0.3) is 5.91 Å². The average molecular weight is 422 g/mol. The molecule has 2 aromatic carbocycles. The normalized spacial score (nSPS) is 19.3. The Balaban J connectivity index is 1.57. The molecule has 2 fully saturated rings. The molecule has 1 N–H and O–H groups in total. The number of hydrogen-bond donors (Lipinski definition) is 1. The Morgan fingerprint density at radius 2 is 1.83 bits per heavy atom. The van der Waals surface area contributed by atoms with Crippen LogP contribution in [0.1, 0.15) is 34.3 Å². The maximum Gasteiger partial charge on any atom is 0.335 e. The van der Waals surface area contributed by atoms with E-state index in [2.05, 4.69) is 22.0 Å². The van der Waals surface area contributed by atoms with Crippen LogP contribution in [0.4, 0.5) is 11.4 Å². The minimum Gasteiger partial charge on any atom is -0.478 e. The van der Waals surface area contributed by atoms with Gasteiger partial charge in [0.2, 0.25) is 0 Å². The Hall–Kier alpha value is -3.06. The van der Waals surface area contributed by atoms with Gasteiger partial charge in [-0.15, -0.1) is 0 Å². The van der Waals surface area contributed by atoms with Crippen molar-refractivity contribution in [2.45, 2.75) is 19.8 Å². The SMILES string of the molecule is Cc1ccc(C(=O)O)cc1N=C1S/C(=C\c2ccc(N3CCCC3)cc2)C(=O)N1C.